The Hall–Kier alpha value is -0.550. The molecule has 3 rings (SSSR count). The molecule has 2 unspecified atom stereocenters. The average molecular weight is 277 g/mol. The maximum absolute atomic E-state index is 5.94. The van der Waals surface area contributed by atoms with Gasteiger partial charge in [-0.25, -0.2) is 0 Å². The molecule has 4 heteroatoms. The predicted octanol–water partition coefficient (Wildman–Crippen LogP) is 1.28. The van der Waals surface area contributed by atoms with Crippen molar-refractivity contribution in [3.05, 3.63) is 29.8 Å². The second-order valence-electron chi connectivity index (χ2n) is 5.70. The number of nitrogens with two attached hydrogens (primary N) is 1. The number of benzene rings is 1. The minimum atomic E-state index is 0.531. The Morgan fingerprint density at radius 1 is 1.32 bits per heavy atom. The van der Waals surface area contributed by atoms with E-state index in [1.807, 2.05) is 11.8 Å². The molecule has 0 aliphatic carbocycles. The van der Waals surface area contributed by atoms with Crippen molar-refractivity contribution in [1.82, 2.24) is 9.80 Å². The van der Waals surface area contributed by atoms with Gasteiger partial charge in [0.05, 0.1) is 0 Å². The van der Waals surface area contributed by atoms with Gasteiger partial charge in [0.15, 0.2) is 0 Å². The maximum Gasteiger partial charge on any atom is 0.0346 e. The molecule has 2 N–H and O–H groups in total. The van der Waals surface area contributed by atoms with E-state index in [2.05, 4.69) is 41.1 Å². The third kappa shape index (κ3) is 2.97. The number of fused-ring (bicyclic) bond motifs is 1. The van der Waals surface area contributed by atoms with Gasteiger partial charge < -0.3 is 10.6 Å². The Bertz CT molecular complexity index is 412. The third-order valence-electron chi connectivity index (χ3n) is 4.23. The minimum absolute atomic E-state index is 0.531. The van der Waals surface area contributed by atoms with Crippen LogP contribution in [0.15, 0.2) is 29.2 Å². The van der Waals surface area contributed by atoms with Gasteiger partial charge >= 0.3 is 0 Å². The molecule has 2 atom stereocenters. The van der Waals surface area contributed by atoms with Crippen molar-refractivity contribution in [3.8, 4) is 0 Å². The molecule has 3 nitrogen and oxygen atoms in total. The molecule has 0 spiro atoms. The van der Waals surface area contributed by atoms with E-state index in [0.29, 0.717) is 11.3 Å². The van der Waals surface area contributed by atoms with Crippen molar-refractivity contribution in [1.29, 1.82) is 0 Å². The fraction of sp³-hybridized carbons (Fsp3) is 0.600. The van der Waals surface area contributed by atoms with Gasteiger partial charge in [0, 0.05) is 48.9 Å². The van der Waals surface area contributed by atoms with Crippen molar-refractivity contribution in [2.45, 2.75) is 22.6 Å². The van der Waals surface area contributed by atoms with Crippen LogP contribution in [0.3, 0.4) is 0 Å². The summed E-state index contributed by atoms with van der Waals surface area (Å²) in [7, 11) is 2.19. The van der Waals surface area contributed by atoms with E-state index < -0.39 is 0 Å². The number of thioether (sulfide) groups is 1. The van der Waals surface area contributed by atoms with Crippen LogP contribution in [0.5, 0.6) is 0 Å². The normalized spacial score (nSPS) is 28.5. The van der Waals surface area contributed by atoms with Gasteiger partial charge in [-0.3, -0.25) is 4.90 Å². The first-order valence-electron chi connectivity index (χ1n) is 7.13. The largest absolute Gasteiger partial charge is 0.329 e. The summed E-state index contributed by atoms with van der Waals surface area (Å²) >= 11 is 2.05. The number of hydrogen-bond acceptors (Lipinski definition) is 4. The number of piperazine rings is 1. The zero-order chi connectivity index (χ0) is 13.2. The summed E-state index contributed by atoms with van der Waals surface area (Å²) < 4.78 is 0. The van der Waals surface area contributed by atoms with Gasteiger partial charge in [-0.05, 0) is 25.1 Å². The summed E-state index contributed by atoms with van der Waals surface area (Å²) in [4.78, 5) is 6.47. The Labute approximate surface area is 120 Å². The highest BCUT2D eigenvalue weighted by Gasteiger charge is 2.29. The molecule has 0 saturated carbocycles. The number of nitrogens with zero attached hydrogens (tertiary/aromatic N) is 2. The van der Waals surface area contributed by atoms with E-state index in [1.54, 1.807) is 0 Å². The summed E-state index contributed by atoms with van der Waals surface area (Å²) in [5, 5.41) is 0.704. The van der Waals surface area contributed by atoms with Crippen LogP contribution in [-0.2, 0) is 6.42 Å². The van der Waals surface area contributed by atoms with E-state index in [1.165, 1.54) is 30.0 Å². The fourth-order valence-electron chi connectivity index (χ4n) is 3.13. The van der Waals surface area contributed by atoms with Crippen LogP contribution in [-0.4, -0.2) is 60.9 Å². The molecule has 1 aromatic carbocycles. The predicted molar refractivity (Wildman–Crippen MR) is 81.7 cm³/mol. The van der Waals surface area contributed by atoms with Crippen molar-refractivity contribution in [3.63, 3.8) is 0 Å². The lowest BCUT2D eigenvalue weighted by atomic mass is 10.1. The van der Waals surface area contributed by atoms with Crippen molar-refractivity contribution in [2.24, 2.45) is 5.73 Å². The molecule has 2 aliphatic rings. The molecular formula is C15H23N3S. The van der Waals surface area contributed by atoms with Crippen LogP contribution >= 0.6 is 11.8 Å². The van der Waals surface area contributed by atoms with E-state index in [0.717, 1.165) is 19.6 Å². The Morgan fingerprint density at radius 2 is 2.16 bits per heavy atom. The summed E-state index contributed by atoms with van der Waals surface area (Å²) in [5.41, 5.74) is 7.46. The SMILES string of the molecule is CN1CCN(CC2Cc3ccccc3S2)C(CN)C1. The first-order valence-corrected chi connectivity index (χ1v) is 8.01. The van der Waals surface area contributed by atoms with Crippen LogP contribution in [0.1, 0.15) is 5.56 Å². The second-order valence-corrected chi connectivity index (χ2v) is 7.04. The lowest BCUT2D eigenvalue weighted by Gasteiger charge is -2.40. The molecule has 1 fully saturated rings. The quantitative estimate of drug-likeness (QED) is 0.902. The van der Waals surface area contributed by atoms with Crippen LogP contribution in [0, 0.1) is 0 Å². The van der Waals surface area contributed by atoms with Gasteiger partial charge in [-0.15, -0.1) is 11.8 Å². The van der Waals surface area contributed by atoms with Crippen LogP contribution in [0.2, 0.25) is 0 Å². The molecule has 0 amide bonds. The maximum atomic E-state index is 5.94. The molecule has 2 heterocycles. The van der Waals surface area contributed by atoms with Gasteiger partial charge in [-0.2, -0.15) is 0 Å². The Balaban J connectivity index is 1.61. The second kappa shape index (κ2) is 5.83. The number of likely N-dealkylation sites (N-methyl/N-ethyl adjacent to an activating group) is 1. The van der Waals surface area contributed by atoms with Crippen LogP contribution in [0.4, 0.5) is 0 Å². The lowest BCUT2D eigenvalue weighted by molar-refractivity contribution is 0.0950. The molecule has 2 aliphatic heterocycles. The fourth-order valence-corrected chi connectivity index (χ4v) is 4.48. The zero-order valence-corrected chi connectivity index (χ0v) is 12.4. The molecular weight excluding hydrogens is 254 g/mol. The topological polar surface area (TPSA) is 32.5 Å². The Morgan fingerprint density at radius 3 is 2.95 bits per heavy atom. The standard InChI is InChI=1S/C15H23N3S/c1-17-6-7-18(13(9-16)10-17)11-14-8-12-4-2-3-5-15(12)19-14/h2-5,13-14H,6-11,16H2,1H3. The average Bonchev–Trinajstić information content (AvgIpc) is 2.83. The summed E-state index contributed by atoms with van der Waals surface area (Å²) in [5.74, 6) is 0. The van der Waals surface area contributed by atoms with Crippen LogP contribution < -0.4 is 5.73 Å². The third-order valence-corrected chi connectivity index (χ3v) is 5.53. The van der Waals surface area contributed by atoms with E-state index in [-0.39, 0.29) is 0 Å². The Kier molecular flexibility index (Phi) is 4.12. The van der Waals surface area contributed by atoms with Gasteiger partial charge in [0.2, 0.25) is 0 Å². The van der Waals surface area contributed by atoms with E-state index in [9.17, 15) is 0 Å². The highest BCUT2D eigenvalue weighted by Crippen LogP contribution is 2.37. The highest BCUT2D eigenvalue weighted by molar-refractivity contribution is 8.00. The molecule has 0 aromatic heterocycles. The van der Waals surface area contributed by atoms with Crippen molar-refractivity contribution in [2.75, 3.05) is 39.8 Å². The smallest absolute Gasteiger partial charge is 0.0346 e. The molecule has 19 heavy (non-hydrogen) atoms. The monoisotopic (exact) mass is 277 g/mol. The van der Waals surface area contributed by atoms with E-state index >= 15 is 0 Å². The first-order chi connectivity index (χ1) is 9.26. The van der Waals surface area contributed by atoms with Crippen molar-refractivity contribution < 1.29 is 0 Å². The summed E-state index contributed by atoms with van der Waals surface area (Å²) in [6, 6.07) is 9.35. The summed E-state index contributed by atoms with van der Waals surface area (Å²) in [6.45, 7) is 5.39. The number of hydrogen-bond donors (Lipinski definition) is 1. The van der Waals surface area contributed by atoms with Gasteiger partial charge in [-0.1, -0.05) is 18.2 Å². The molecule has 1 aromatic rings. The lowest BCUT2D eigenvalue weighted by Crippen LogP contribution is -2.56. The minimum Gasteiger partial charge on any atom is -0.329 e. The summed E-state index contributed by atoms with van der Waals surface area (Å²) in [6.07, 6.45) is 1.21. The van der Waals surface area contributed by atoms with Gasteiger partial charge in [0.25, 0.3) is 0 Å². The number of rotatable bonds is 3. The molecule has 0 bridgehead atoms. The molecule has 104 valence electrons. The first kappa shape index (κ1) is 13.4. The van der Waals surface area contributed by atoms with E-state index in [4.69, 9.17) is 5.73 Å². The molecule has 0 radical (unpaired) electrons. The van der Waals surface area contributed by atoms with Crippen molar-refractivity contribution >= 4 is 11.8 Å². The van der Waals surface area contributed by atoms with Crippen LogP contribution in [0.25, 0.3) is 0 Å². The zero-order valence-electron chi connectivity index (χ0n) is 11.6. The molecule has 1 saturated heterocycles. The van der Waals surface area contributed by atoms with Gasteiger partial charge in [0.1, 0.15) is 0 Å². The highest BCUT2D eigenvalue weighted by atomic mass is 32.2.